The van der Waals surface area contributed by atoms with Gasteiger partial charge in [-0.25, -0.2) is 4.39 Å². The summed E-state index contributed by atoms with van der Waals surface area (Å²) in [6.45, 7) is 0.540. The van der Waals surface area contributed by atoms with Crippen LogP contribution in [0.3, 0.4) is 0 Å². The van der Waals surface area contributed by atoms with Crippen LogP contribution in [0.1, 0.15) is 30.9 Å². The third-order valence-corrected chi connectivity index (χ3v) is 3.19. The predicted molar refractivity (Wildman–Crippen MR) is 68.5 cm³/mol. The smallest absolute Gasteiger partial charge is 0.305 e. The van der Waals surface area contributed by atoms with Crippen molar-refractivity contribution in [3.63, 3.8) is 0 Å². The van der Waals surface area contributed by atoms with Gasteiger partial charge < -0.3 is 15.2 Å². The molecule has 1 aliphatic rings. The van der Waals surface area contributed by atoms with Crippen LogP contribution in [-0.4, -0.2) is 29.7 Å². The van der Waals surface area contributed by atoms with Gasteiger partial charge in [-0.15, -0.1) is 0 Å². The Morgan fingerprint density at radius 1 is 1.40 bits per heavy atom. The first-order valence-corrected chi connectivity index (χ1v) is 6.45. The highest BCUT2D eigenvalue weighted by molar-refractivity contribution is 5.82. The number of benzene rings is 1. The maximum absolute atomic E-state index is 12.9. The van der Waals surface area contributed by atoms with E-state index in [9.17, 15) is 14.0 Å². The Bertz CT molecular complexity index is 482. The van der Waals surface area contributed by atoms with Crippen molar-refractivity contribution in [3.05, 3.63) is 35.6 Å². The van der Waals surface area contributed by atoms with Crippen LogP contribution in [0.5, 0.6) is 0 Å². The number of carbonyl (C=O) groups is 2. The molecule has 0 bridgehead atoms. The molecule has 20 heavy (non-hydrogen) atoms. The zero-order chi connectivity index (χ0) is 14.5. The fraction of sp³-hybridized carbons (Fsp3) is 0.429. The van der Waals surface area contributed by atoms with Gasteiger partial charge in [0.25, 0.3) is 0 Å². The molecule has 6 heteroatoms. The Hall–Kier alpha value is -1.95. The SMILES string of the molecule is O=C(O)CC(NC(=O)C1CCCO1)c1ccc(F)cc1. The Balaban J connectivity index is 2.08. The fourth-order valence-electron chi connectivity index (χ4n) is 2.17. The van der Waals surface area contributed by atoms with Gasteiger partial charge in [-0.05, 0) is 30.5 Å². The number of rotatable bonds is 5. The van der Waals surface area contributed by atoms with E-state index in [2.05, 4.69) is 5.32 Å². The quantitative estimate of drug-likeness (QED) is 0.860. The summed E-state index contributed by atoms with van der Waals surface area (Å²) >= 11 is 0. The molecule has 1 fully saturated rings. The minimum atomic E-state index is -1.04. The molecular weight excluding hydrogens is 265 g/mol. The highest BCUT2D eigenvalue weighted by Crippen LogP contribution is 2.19. The molecule has 1 aromatic rings. The van der Waals surface area contributed by atoms with E-state index in [1.807, 2.05) is 0 Å². The summed E-state index contributed by atoms with van der Waals surface area (Å²) in [4.78, 5) is 22.9. The van der Waals surface area contributed by atoms with Crippen LogP contribution in [-0.2, 0) is 14.3 Å². The van der Waals surface area contributed by atoms with Crippen LogP contribution in [0.2, 0.25) is 0 Å². The lowest BCUT2D eigenvalue weighted by molar-refractivity contribution is -0.138. The molecule has 5 nitrogen and oxygen atoms in total. The van der Waals surface area contributed by atoms with Crippen LogP contribution < -0.4 is 5.32 Å². The van der Waals surface area contributed by atoms with Crippen LogP contribution in [0.15, 0.2) is 24.3 Å². The number of carboxylic acids is 1. The molecule has 2 rings (SSSR count). The Morgan fingerprint density at radius 2 is 2.10 bits per heavy atom. The van der Waals surface area contributed by atoms with Gasteiger partial charge >= 0.3 is 5.97 Å². The van der Waals surface area contributed by atoms with Gasteiger partial charge in [0.15, 0.2) is 0 Å². The molecule has 1 aromatic carbocycles. The lowest BCUT2D eigenvalue weighted by atomic mass is 10.0. The zero-order valence-corrected chi connectivity index (χ0v) is 10.8. The number of carbonyl (C=O) groups excluding carboxylic acids is 1. The number of aliphatic carboxylic acids is 1. The van der Waals surface area contributed by atoms with Gasteiger partial charge in [0.1, 0.15) is 11.9 Å². The first kappa shape index (κ1) is 14.5. The van der Waals surface area contributed by atoms with E-state index in [-0.39, 0.29) is 12.3 Å². The second-order valence-electron chi connectivity index (χ2n) is 4.71. The lowest BCUT2D eigenvalue weighted by Crippen LogP contribution is -2.37. The van der Waals surface area contributed by atoms with Crippen molar-refractivity contribution >= 4 is 11.9 Å². The maximum Gasteiger partial charge on any atom is 0.305 e. The summed E-state index contributed by atoms with van der Waals surface area (Å²) in [5.41, 5.74) is 0.556. The molecule has 0 spiro atoms. The summed E-state index contributed by atoms with van der Waals surface area (Å²) in [5, 5.41) is 11.6. The minimum Gasteiger partial charge on any atom is -0.481 e. The van der Waals surface area contributed by atoms with Gasteiger partial charge in [0.05, 0.1) is 12.5 Å². The summed E-state index contributed by atoms with van der Waals surface area (Å²) in [6.07, 6.45) is 0.670. The maximum atomic E-state index is 12.9. The van der Waals surface area contributed by atoms with E-state index in [4.69, 9.17) is 9.84 Å². The van der Waals surface area contributed by atoms with Crippen LogP contribution >= 0.6 is 0 Å². The standard InChI is InChI=1S/C14H16FNO4/c15-10-5-3-9(4-6-10)11(8-13(17)18)16-14(19)12-2-1-7-20-12/h3-6,11-12H,1-2,7-8H2,(H,16,19)(H,17,18). The molecule has 2 N–H and O–H groups in total. The van der Waals surface area contributed by atoms with Crippen molar-refractivity contribution in [2.24, 2.45) is 0 Å². The normalized spacial score (nSPS) is 19.6. The average molecular weight is 281 g/mol. The lowest BCUT2D eigenvalue weighted by Gasteiger charge is -2.19. The number of carboxylic acid groups (broad SMARTS) is 1. The van der Waals surface area contributed by atoms with Gasteiger partial charge in [-0.2, -0.15) is 0 Å². The Labute approximate surface area is 115 Å². The molecule has 2 atom stereocenters. The summed E-state index contributed by atoms with van der Waals surface area (Å²) in [7, 11) is 0. The molecule has 0 radical (unpaired) electrons. The van der Waals surface area contributed by atoms with Crippen molar-refractivity contribution < 1.29 is 23.8 Å². The molecule has 1 saturated heterocycles. The van der Waals surface area contributed by atoms with Crippen molar-refractivity contribution in [3.8, 4) is 0 Å². The topological polar surface area (TPSA) is 75.6 Å². The number of hydrogen-bond donors (Lipinski definition) is 2. The highest BCUT2D eigenvalue weighted by atomic mass is 19.1. The fourth-order valence-corrected chi connectivity index (χ4v) is 2.17. The van der Waals surface area contributed by atoms with E-state index in [0.717, 1.165) is 6.42 Å². The zero-order valence-electron chi connectivity index (χ0n) is 10.8. The molecule has 2 unspecified atom stereocenters. The van der Waals surface area contributed by atoms with Gasteiger partial charge in [0, 0.05) is 6.61 Å². The molecule has 0 aromatic heterocycles. The van der Waals surface area contributed by atoms with Crippen LogP contribution in [0.4, 0.5) is 4.39 Å². The van der Waals surface area contributed by atoms with Crippen molar-refractivity contribution in [1.29, 1.82) is 0 Å². The predicted octanol–water partition coefficient (Wildman–Crippen LogP) is 1.64. The second-order valence-corrected chi connectivity index (χ2v) is 4.71. The van der Waals surface area contributed by atoms with E-state index < -0.39 is 23.9 Å². The van der Waals surface area contributed by atoms with Gasteiger partial charge in [-0.3, -0.25) is 9.59 Å². The first-order valence-electron chi connectivity index (χ1n) is 6.45. The Kier molecular flexibility index (Phi) is 4.68. The molecule has 0 saturated carbocycles. The number of ether oxygens (including phenoxy) is 1. The molecule has 1 heterocycles. The average Bonchev–Trinajstić information content (AvgIpc) is 2.92. The van der Waals surface area contributed by atoms with Gasteiger partial charge in [-0.1, -0.05) is 12.1 Å². The molecule has 0 aliphatic carbocycles. The van der Waals surface area contributed by atoms with E-state index in [0.29, 0.717) is 18.6 Å². The van der Waals surface area contributed by atoms with Crippen molar-refractivity contribution in [1.82, 2.24) is 5.32 Å². The highest BCUT2D eigenvalue weighted by Gasteiger charge is 2.27. The van der Waals surface area contributed by atoms with Crippen LogP contribution in [0.25, 0.3) is 0 Å². The van der Waals surface area contributed by atoms with Crippen molar-refractivity contribution in [2.75, 3.05) is 6.61 Å². The molecule has 1 amide bonds. The molecule has 108 valence electrons. The molecular formula is C14H16FNO4. The van der Waals surface area contributed by atoms with Gasteiger partial charge in [0.2, 0.25) is 5.91 Å². The first-order chi connectivity index (χ1) is 9.56. The number of hydrogen-bond acceptors (Lipinski definition) is 3. The minimum absolute atomic E-state index is 0.260. The third-order valence-electron chi connectivity index (χ3n) is 3.19. The summed E-state index contributed by atoms with van der Waals surface area (Å²) < 4.78 is 18.2. The van der Waals surface area contributed by atoms with E-state index in [1.165, 1.54) is 24.3 Å². The largest absolute Gasteiger partial charge is 0.481 e. The van der Waals surface area contributed by atoms with Crippen LogP contribution in [0, 0.1) is 5.82 Å². The Morgan fingerprint density at radius 3 is 2.65 bits per heavy atom. The van der Waals surface area contributed by atoms with E-state index in [1.54, 1.807) is 0 Å². The molecule has 1 aliphatic heterocycles. The summed E-state index contributed by atoms with van der Waals surface area (Å²) in [5.74, 6) is -1.77. The van der Waals surface area contributed by atoms with Crippen molar-refractivity contribution in [2.45, 2.75) is 31.4 Å². The van der Waals surface area contributed by atoms with E-state index >= 15 is 0 Å². The monoisotopic (exact) mass is 281 g/mol. The number of amides is 1. The third kappa shape index (κ3) is 3.77. The second kappa shape index (κ2) is 6.47. The summed E-state index contributed by atoms with van der Waals surface area (Å²) in [6, 6.07) is 4.73. The number of nitrogens with one attached hydrogen (secondary N) is 1. The number of halogens is 1.